The van der Waals surface area contributed by atoms with Gasteiger partial charge in [0.1, 0.15) is 17.5 Å². The van der Waals surface area contributed by atoms with Crippen LogP contribution >= 0.6 is 15.9 Å². The summed E-state index contributed by atoms with van der Waals surface area (Å²) < 4.78 is 5.88. The summed E-state index contributed by atoms with van der Waals surface area (Å²) in [5, 5.41) is 0.786. The van der Waals surface area contributed by atoms with Gasteiger partial charge in [-0.3, -0.25) is 4.79 Å². The van der Waals surface area contributed by atoms with Crippen LogP contribution in [0.2, 0.25) is 0 Å². The van der Waals surface area contributed by atoms with Crippen LogP contribution in [0.5, 0.6) is 5.88 Å². The number of pyridine rings is 1. The molecule has 3 heterocycles. The number of nitrogens with one attached hydrogen (secondary N) is 1. The second-order valence-electron chi connectivity index (χ2n) is 5.77. The molecule has 0 saturated heterocycles. The highest BCUT2D eigenvalue weighted by atomic mass is 79.9. The van der Waals surface area contributed by atoms with Crippen LogP contribution in [0.4, 0.5) is 0 Å². The minimum Gasteiger partial charge on any atom is -0.480 e. The van der Waals surface area contributed by atoms with Crippen LogP contribution in [0.3, 0.4) is 0 Å². The number of nitrogens with zero attached hydrogens (tertiary/aromatic N) is 4. The van der Waals surface area contributed by atoms with Crippen LogP contribution in [-0.4, -0.2) is 32.0 Å². The van der Waals surface area contributed by atoms with E-state index in [0.29, 0.717) is 33.3 Å². The van der Waals surface area contributed by atoms with Crippen LogP contribution in [0.15, 0.2) is 21.8 Å². The quantitative estimate of drug-likeness (QED) is 0.742. The average molecular weight is 388 g/mol. The van der Waals surface area contributed by atoms with E-state index in [1.54, 1.807) is 13.3 Å². The van der Waals surface area contributed by atoms with Crippen molar-refractivity contribution in [2.45, 2.75) is 25.7 Å². The van der Waals surface area contributed by atoms with Crippen LogP contribution in [0.25, 0.3) is 22.4 Å². The van der Waals surface area contributed by atoms with Gasteiger partial charge in [-0.1, -0.05) is 0 Å². The zero-order valence-electron chi connectivity index (χ0n) is 13.1. The predicted octanol–water partition coefficient (Wildman–Crippen LogP) is 2.73. The standard InChI is InChI=1S/C16H14BrN5O2/c1-7-9-5-18-14(21-13(9)22-15(23)11(7)17)10-12(8-3-4-8)19-6-20-16(10)24-2/h5-6,8H,3-4H2,1-2H3,(H,18,21,22,23). The normalized spacial score (nSPS) is 14.1. The molecule has 0 aliphatic heterocycles. The summed E-state index contributed by atoms with van der Waals surface area (Å²) in [7, 11) is 1.56. The third-order valence-corrected chi connectivity index (χ3v) is 5.13. The molecule has 0 radical (unpaired) electrons. The van der Waals surface area contributed by atoms with Crippen LogP contribution in [0, 0.1) is 6.92 Å². The van der Waals surface area contributed by atoms with Crippen molar-refractivity contribution in [3.8, 4) is 17.3 Å². The van der Waals surface area contributed by atoms with E-state index < -0.39 is 0 Å². The van der Waals surface area contributed by atoms with Gasteiger partial charge < -0.3 is 9.72 Å². The number of hydrogen-bond acceptors (Lipinski definition) is 6. The summed E-state index contributed by atoms with van der Waals surface area (Å²) >= 11 is 3.29. The van der Waals surface area contributed by atoms with Gasteiger partial charge in [-0.25, -0.2) is 19.9 Å². The third-order valence-electron chi connectivity index (χ3n) is 4.18. The smallest absolute Gasteiger partial charge is 0.264 e. The van der Waals surface area contributed by atoms with Crippen LogP contribution in [0.1, 0.15) is 30.0 Å². The molecular weight excluding hydrogens is 374 g/mol. The number of ether oxygens (including phenoxy) is 1. The summed E-state index contributed by atoms with van der Waals surface area (Å²) in [6.45, 7) is 1.85. The first-order chi connectivity index (χ1) is 11.6. The third kappa shape index (κ3) is 2.37. The first-order valence-electron chi connectivity index (χ1n) is 7.54. The molecular formula is C16H14BrN5O2. The fourth-order valence-electron chi connectivity index (χ4n) is 2.74. The summed E-state index contributed by atoms with van der Waals surface area (Å²) in [6.07, 6.45) is 5.38. The number of aromatic amines is 1. The highest BCUT2D eigenvalue weighted by Gasteiger charge is 2.31. The molecule has 0 spiro atoms. The molecule has 3 aromatic rings. The van der Waals surface area contributed by atoms with Crippen molar-refractivity contribution in [3.05, 3.63) is 38.6 Å². The molecule has 122 valence electrons. The van der Waals surface area contributed by atoms with Gasteiger partial charge in [-0.2, -0.15) is 0 Å². The second-order valence-corrected chi connectivity index (χ2v) is 6.56. The lowest BCUT2D eigenvalue weighted by Crippen LogP contribution is -2.10. The molecule has 0 aromatic carbocycles. The van der Waals surface area contributed by atoms with E-state index in [0.717, 1.165) is 29.5 Å². The van der Waals surface area contributed by atoms with E-state index >= 15 is 0 Å². The van der Waals surface area contributed by atoms with Gasteiger partial charge in [0, 0.05) is 17.5 Å². The van der Waals surface area contributed by atoms with Crippen LogP contribution in [-0.2, 0) is 0 Å². The highest BCUT2D eigenvalue weighted by molar-refractivity contribution is 9.10. The van der Waals surface area contributed by atoms with Gasteiger partial charge in [0.15, 0.2) is 5.82 Å². The minimum atomic E-state index is -0.219. The van der Waals surface area contributed by atoms with E-state index in [1.165, 1.54) is 6.33 Å². The molecule has 0 amide bonds. The Hall–Kier alpha value is -2.35. The average Bonchev–Trinajstić information content (AvgIpc) is 3.43. The first-order valence-corrected chi connectivity index (χ1v) is 8.33. The summed E-state index contributed by atoms with van der Waals surface area (Å²) in [4.78, 5) is 32.4. The number of H-pyrrole nitrogens is 1. The summed E-state index contributed by atoms with van der Waals surface area (Å²) in [5.41, 5.74) is 2.67. The van der Waals surface area contributed by atoms with Gasteiger partial charge in [-0.05, 0) is 41.3 Å². The Labute approximate surface area is 145 Å². The second kappa shape index (κ2) is 5.62. The van der Waals surface area contributed by atoms with Gasteiger partial charge in [0.2, 0.25) is 5.88 Å². The largest absolute Gasteiger partial charge is 0.480 e. The Balaban J connectivity index is 1.98. The molecule has 0 atom stereocenters. The number of methoxy groups -OCH3 is 1. The van der Waals surface area contributed by atoms with Crippen molar-refractivity contribution in [2.75, 3.05) is 7.11 Å². The number of aryl methyl sites for hydroxylation is 1. The van der Waals surface area contributed by atoms with Gasteiger partial charge >= 0.3 is 0 Å². The monoisotopic (exact) mass is 387 g/mol. The Morgan fingerprint density at radius 3 is 2.79 bits per heavy atom. The van der Waals surface area contributed by atoms with Crippen LogP contribution < -0.4 is 10.3 Å². The number of hydrogen-bond donors (Lipinski definition) is 1. The molecule has 1 aliphatic carbocycles. The molecule has 0 bridgehead atoms. The van der Waals surface area contributed by atoms with Crippen molar-refractivity contribution in [1.29, 1.82) is 0 Å². The van der Waals surface area contributed by atoms with Gasteiger partial charge in [-0.15, -0.1) is 0 Å². The maximum absolute atomic E-state index is 12.0. The van der Waals surface area contributed by atoms with E-state index in [9.17, 15) is 4.79 Å². The number of fused-ring (bicyclic) bond motifs is 1. The topological polar surface area (TPSA) is 93.6 Å². The number of halogens is 1. The first kappa shape index (κ1) is 15.2. The van der Waals surface area contributed by atoms with Crippen molar-refractivity contribution in [3.63, 3.8) is 0 Å². The lowest BCUT2D eigenvalue weighted by atomic mass is 10.1. The SMILES string of the molecule is COc1ncnc(C2CC2)c1-c1ncc2c(C)c(Br)c(=O)[nH]c2n1. The summed E-state index contributed by atoms with van der Waals surface area (Å²) in [6, 6.07) is 0. The van der Waals surface area contributed by atoms with E-state index in [-0.39, 0.29) is 5.56 Å². The molecule has 1 fully saturated rings. The van der Waals surface area contributed by atoms with E-state index in [1.807, 2.05) is 6.92 Å². The molecule has 24 heavy (non-hydrogen) atoms. The number of aromatic nitrogens is 5. The highest BCUT2D eigenvalue weighted by Crippen LogP contribution is 2.44. The molecule has 7 nitrogen and oxygen atoms in total. The van der Waals surface area contributed by atoms with E-state index in [2.05, 4.69) is 40.8 Å². The fourth-order valence-corrected chi connectivity index (χ4v) is 3.05. The molecule has 0 unspecified atom stereocenters. The Bertz CT molecular complexity index is 1010. The maximum atomic E-state index is 12.0. The molecule has 1 aliphatic rings. The van der Waals surface area contributed by atoms with Gasteiger partial charge in [0.05, 0.1) is 17.3 Å². The van der Waals surface area contributed by atoms with Gasteiger partial charge in [0.25, 0.3) is 5.56 Å². The van der Waals surface area contributed by atoms with E-state index in [4.69, 9.17) is 4.74 Å². The maximum Gasteiger partial charge on any atom is 0.264 e. The molecule has 1 saturated carbocycles. The number of rotatable bonds is 3. The zero-order chi connectivity index (χ0) is 16.8. The molecule has 8 heteroatoms. The minimum absolute atomic E-state index is 0.219. The van der Waals surface area contributed by atoms with Crippen molar-refractivity contribution in [1.82, 2.24) is 24.9 Å². The zero-order valence-corrected chi connectivity index (χ0v) is 14.7. The Morgan fingerprint density at radius 1 is 1.29 bits per heavy atom. The Kier molecular flexibility index (Phi) is 3.56. The Morgan fingerprint density at radius 2 is 2.08 bits per heavy atom. The lowest BCUT2D eigenvalue weighted by molar-refractivity contribution is 0.397. The summed E-state index contributed by atoms with van der Waals surface area (Å²) in [5.74, 6) is 1.29. The molecule has 3 aromatic heterocycles. The van der Waals surface area contributed by atoms with Crippen molar-refractivity contribution in [2.24, 2.45) is 0 Å². The molecule has 1 N–H and O–H groups in total. The fraction of sp³-hybridized carbons (Fsp3) is 0.312. The van der Waals surface area contributed by atoms with Crippen molar-refractivity contribution >= 4 is 27.0 Å². The molecule has 4 rings (SSSR count). The van der Waals surface area contributed by atoms with Crippen molar-refractivity contribution < 1.29 is 4.74 Å². The lowest BCUT2D eigenvalue weighted by Gasteiger charge is -2.11. The predicted molar refractivity (Wildman–Crippen MR) is 92.1 cm³/mol.